The molecular weight excluding hydrogens is 1830 g/mol. The molecule has 0 amide bonds. The molecule has 4 aromatic rings. The molecule has 4 aromatic heterocycles. The van der Waals surface area contributed by atoms with Crippen LogP contribution < -0.4 is 68.3 Å². The van der Waals surface area contributed by atoms with Crippen molar-refractivity contribution in [3.05, 3.63) is 126 Å². The van der Waals surface area contributed by atoms with Crippen molar-refractivity contribution < 1.29 is 28.5 Å². The van der Waals surface area contributed by atoms with Crippen LogP contribution in [-0.4, -0.2) is 256 Å². The van der Waals surface area contributed by atoms with Crippen molar-refractivity contribution in [2.45, 2.75) is 171 Å². The van der Waals surface area contributed by atoms with Crippen molar-refractivity contribution in [3.8, 4) is 0 Å². The van der Waals surface area contributed by atoms with Gasteiger partial charge < -0.3 is 18.9 Å². The number of ether oxygens (including phenoxy) is 4. The molecule has 0 spiro atoms. The summed E-state index contributed by atoms with van der Waals surface area (Å²) in [5.41, 5.74) is -6.52. The van der Waals surface area contributed by atoms with Crippen LogP contribution in [0.4, 0.5) is 0 Å². The third-order valence-corrected chi connectivity index (χ3v) is 29.2. The van der Waals surface area contributed by atoms with E-state index in [1.54, 1.807) is 51.2 Å². The first-order chi connectivity index (χ1) is 57.0. The number of aromatic nitrogens is 12. The summed E-state index contributed by atoms with van der Waals surface area (Å²) >= 11 is 42.0. The molecule has 0 N–H and O–H groups in total. The van der Waals surface area contributed by atoms with E-state index in [1.165, 1.54) is 59.7 Å². The van der Waals surface area contributed by atoms with Gasteiger partial charge in [0.1, 0.15) is 0 Å². The Bertz CT molecular complexity index is 3810. The van der Waals surface area contributed by atoms with E-state index in [2.05, 4.69) is 75.8 Å². The van der Waals surface area contributed by atoms with Crippen LogP contribution in [0.3, 0.4) is 0 Å². The first-order valence-electron chi connectivity index (χ1n) is 39.7. The molecule has 0 aliphatic carbocycles. The highest BCUT2D eigenvalue weighted by Crippen LogP contribution is 2.14. The molecule has 0 fully saturated rings. The van der Waals surface area contributed by atoms with Crippen molar-refractivity contribution in [3.63, 3.8) is 0 Å². The van der Waals surface area contributed by atoms with Crippen LogP contribution >= 0.6 is 193 Å². The molecule has 0 atom stereocenters. The molecule has 0 saturated heterocycles. The normalized spacial score (nSPS) is 11.2. The summed E-state index contributed by atoms with van der Waals surface area (Å²) in [7, 11) is 0. The molecule has 0 aliphatic rings. The van der Waals surface area contributed by atoms with E-state index in [0.717, 1.165) is 149 Å². The average Bonchev–Trinajstić information content (AvgIpc) is 0.810. The Kier molecular flexibility index (Phi) is 72.2. The number of thiol groups is 6. The summed E-state index contributed by atoms with van der Waals surface area (Å²) in [5.74, 6) is 21.7. The fourth-order valence-electron chi connectivity index (χ4n) is 10.4. The third-order valence-electron chi connectivity index (χ3n) is 16.1. The van der Waals surface area contributed by atoms with E-state index in [1.807, 2.05) is 70.6 Å². The van der Waals surface area contributed by atoms with E-state index >= 15 is 0 Å². The molecular formula is C72H128N12O18S16. The van der Waals surface area contributed by atoms with Gasteiger partial charge in [-0.1, -0.05) is 23.5 Å². The van der Waals surface area contributed by atoms with Crippen LogP contribution in [0.25, 0.3) is 0 Å². The molecule has 680 valence electrons. The SMILES string of the molecule is CCn1c(=O)n(CCCS)c(=O)n(CCCS)c1=O.CCn1c(=O)n(CCCSC(C)=O)c(=O)n(CCCSC(C)=O)c1=O.CCn1c(=O)n(CCCSCCOCCOCCS)c(=O)n(CCCSCCOCCOCCS)c1=O.CCn1c(=O)n(CCCSCCSCCSCCS)c(=O)n(CCCSCCSCCSCCS)c1=O. The molecule has 4 heterocycles. The number of nitrogens with zero attached hydrogens (tertiary/aromatic N) is 12. The van der Waals surface area contributed by atoms with E-state index in [4.69, 9.17) is 18.9 Å². The highest BCUT2D eigenvalue weighted by Gasteiger charge is 2.19. The fourth-order valence-corrected chi connectivity index (χ4v) is 20.3. The Hall–Kier alpha value is -1.58. The maximum Gasteiger partial charge on any atom is 0.336 e. The molecule has 0 saturated carbocycles. The summed E-state index contributed by atoms with van der Waals surface area (Å²) in [6.07, 6.45) is 4.95. The summed E-state index contributed by atoms with van der Waals surface area (Å²) in [4.78, 5) is 172. The molecule has 0 unspecified atom stereocenters. The van der Waals surface area contributed by atoms with Crippen molar-refractivity contribution in [1.82, 2.24) is 54.8 Å². The summed E-state index contributed by atoms with van der Waals surface area (Å²) in [6.45, 7) is 17.6. The lowest BCUT2D eigenvalue weighted by atomic mass is 10.4. The Morgan fingerprint density at radius 1 is 0.220 bits per heavy atom. The Morgan fingerprint density at radius 2 is 0.407 bits per heavy atom. The second-order valence-electron chi connectivity index (χ2n) is 24.8. The van der Waals surface area contributed by atoms with Crippen LogP contribution in [-0.2, 0) is 107 Å². The van der Waals surface area contributed by atoms with Gasteiger partial charge in [0.25, 0.3) is 0 Å². The van der Waals surface area contributed by atoms with Gasteiger partial charge in [-0.25, -0.2) is 112 Å². The van der Waals surface area contributed by atoms with Gasteiger partial charge in [-0.2, -0.15) is 170 Å². The highest BCUT2D eigenvalue weighted by molar-refractivity contribution is 8.13. The van der Waals surface area contributed by atoms with E-state index < -0.39 is 68.3 Å². The number of carbonyl (C=O) groups excluding carboxylic acids is 2. The van der Waals surface area contributed by atoms with Crippen LogP contribution in [0.15, 0.2) is 57.5 Å². The highest BCUT2D eigenvalue weighted by atomic mass is 32.2. The maximum absolute atomic E-state index is 13.0. The molecule has 118 heavy (non-hydrogen) atoms. The summed E-state index contributed by atoms with van der Waals surface area (Å²) < 4.78 is 35.2. The topological polar surface area (TPSA) is 335 Å². The smallest absolute Gasteiger partial charge is 0.336 e. The van der Waals surface area contributed by atoms with Gasteiger partial charge in [0.2, 0.25) is 0 Å². The molecule has 30 nitrogen and oxygen atoms in total. The largest absolute Gasteiger partial charge is 0.378 e. The average molecular weight is 1960 g/mol. The van der Waals surface area contributed by atoms with E-state index in [0.29, 0.717) is 139 Å². The summed E-state index contributed by atoms with van der Waals surface area (Å²) in [6, 6.07) is 0. The number of hydrogen-bond acceptors (Lipinski definition) is 34. The van der Waals surface area contributed by atoms with Crippen LogP contribution in [0, 0.1) is 0 Å². The minimum Gasteiger partial charge on any atom is -0.378 e. The van der Waals surface area contributed by atoms with Gasteiger partial charge in [0, 0.05) is 184 Å². The molecule has 0 radical (unpaired) electrons. The van der Waals surface area contributed by atoms with Crippen LogP contribution in [0.2, 0.25) is 0 Å². The van der Waals surface area contributed by atoms with Crippen molar-refractivity contribution >= 4 is 204 Å². The minimum absolute atomic E-state index is 0.0220. The lowest BCUT2D eigenvalue weighted by molar-refractivity contribution is -0.109. The first kappa shape index (κ1) is 114. The maximum atomic E-state index is 13.0. The Balaban J connectivity index is 0.000000811. The monoisotopic (exact) mass is 1960 g/mol. The van der Waals surface area contributed by atoms with Gasteiger partial charge >= 0.3 is 68.3 Å². The predicted molar refractivity (Wildman–Crippen MR) is 528 cm³/mol. The van der Waals surface area contributed by atoms with Crippen molar-refractivity contribution in [1.29, 1.82) is 0 Å². The van der Waals surface area contributed by atoms with Crippen LogP contribution in [0.5, 0.6) is 0 Å². The molecule has 46 heteroatoms. The summed E-state index contributed by atoms with van der Waals surface area (Å²) in [5, 5.41) is -0.0440. The fraction of sp³-hybridized carbons (Fsp3) is 0.806. The van der Waals surface area contributed by atoms with Gasteiger partial charge in [0.15, 0.2) is 10.2 Å². The van der Waals surface area contributed by atoms with Gasteiger partial charge in [-0.15, -0.1) is 0 Å². The predicted octanol–water partition coefficient (Wildman–Crippen LogP) is 5.96. The van der Waals surface area contributed by atoms with Gasteiger partial charge in [-0.05, 0) is 125 Å². The third kappa shape index (κ3) is 47.3. The van der Waals surface area contributed by atoms with Crippen molar-refractivity contribution in [2.24, 2.45) is 0 Å². The molecule has 4 rings (SSSR count). The van der Waals surface area contributed by atoms with Gasteiger partial charge in [-0.3, -0.25) is 9.59 Å². The standard InChI is InChI=1S/C23H43N3O7S4.C23H43N3O3S8.C15H23N3O5S2.C11H19N3O3S2/c1-2-24-21(27)25(5-3-17-36-19-13-32-9-7-30-11-15-34)23(29)26(22(24)28)6-4-18-37-20-14-33-10-8-31-12-16-35;1-2-24-21(27)25(5-3-9-32-13-17-36-19-15-34-11-7-30)23(29)26(22(24)28)6-4-10-33-14-18-37-20-16-35-12-8-31;1-4-16-13(21)17(7-5-9-24-11(2)19)15(23)18(14(16)22)8-6-10-25-12(3)20;1-2-12-9(15)13(5-3-7-18)11(17)14(10(12)16)6-4-8-19/h34-35H,2-20H2,1H3;30-31H,2-20H2,1H3;4-10H2,1-3H3;18-19H,2-8H2,1H3. The first-order valence-corrected chi connectivity index (χ1v) is 54.7. The second kappa shape index (κ2) is 74.5. The van der Waals surface area contributed by atoms with E-state index in [-0.39, 0.29) is 75.7 Å². The lowest BCUT2D eigenvalue weighted by Crippen LogP contribution is -2.54. The molecule has 0 aliphatic heterocycles. The minimum atomic E-state index is -0.639. The zero-order valence-corrected chi connectivity index (χ0v) is 82.8. The quantitative estimate of drug-likeness (QED) is 0.0219. The van der Waals surface area contributed by atoms with Crippen LogP contribution in [0.1, 0.15) is 92.9 Å². The van der Waals surface area contributed by atoms with E-state index in [9.17, 15) is 67.1 Å². The Labute approximate surface area is 768 Å². The number of carbonyl (C=O) groups is 2. The molecule has 0 bridgehead atoms. The number of rotatable bonds is 66. The Morgan fingerprint density at radius 3 is 0.610 bits per heavy atom. The van der Waals surface area contributed by atoms with Crippen molar-refractivity contribution in [2.75, 3.05) is 191 Å². The zero-order valence-electron chi connectivity index (χ0n) is 69.3. The number of hydrogen-bond donors (Lipinski definition) is 6. The zero-order chi connectivity index (χ0) is 87.7. The lowest BCUT2D eigenvalue weighted by Gasteiger charge is -2.13. The second-order valence-corrected chi connectivity index (χ2v) is 39.8. The molecule has 0 aromatic carbocycles. The number of thioether (sulfide) groups is 10. The van der Waals surface area contributed by atoms with Gasteiger partial charge in [0.05, 0.1) is 52.9 Å².